The van der Waals surface area contributed by atoms with Gasteiger partial charge in [0, 0.05) is 29.5 Å². The minimum atomic E-state index is 0.220. The standard InChI is InChI=1S/C15H21BrN2O/c1-2-14(12-4-3-5-13(16)10-12)17-8-9-18-15(19)11-6-7-11/h3-5,10-11,14,17H,2,6-9H2,1H3,(H,18,19). The monoisotopic (exact) mass is 324 g/mol. The Labute approximate surface area is 123 Å². The maximum absolute atomic E-state index is 11.5. The molecule has 2 N–H and O–H groups in total. The fourth-order valence-corrected chi connectivity index (χ4v) is 2.56. The third-order valence-corrected chi connectivity index (χ3v) is 3.92. The first-order chi connectivity index (χ1) is 9.20. The number of hydrogen-bond donors (Lipinski definition) is 2. The molecule has 19 heavy (non-hydrogen) atoms. The molecule has 1 aliphatic carbocycles. The SMILES string of the molecule is CCC(NCCNC(=O)C1CC1)c1cccc(Br)c1. The van der Waals surface area contributed by atoms with E-state index in [1.54, 1.807) is 0 Å². The van der Waals surface area contributed by atoms with Crippen molar-refractivity contribution in [1.29, 1.82) is 0 Å². The van der Waals surface area contributed by atoms with Crippen LogP contribution in [0.4, 0.5) is 0 Å². The molecule has 1 fully saturated rings. The highest BCUT2D eigenvalue weighted by atomic mass is 79.9. The number of halogens is 1. The lowest BCUT2D eigenvalue weighted by Crippen LogP contribution is -2.34. The molecule has 1 aromatic rings. The van der Waals surface area contributed by atoms with Crippen LogP contribution in [0.25, 0.3) is 0 Å². The highest BCUT2D eigenvalue weighted by Gasteiger charge is 2.28. The topological polar surface area (TPSA) is 41.1 Å². The van der Waals surface area contributed by atoms with Gasteiger partial charge in [-0.25, -0.2) is 0 Å². The molecular formula is C15H21BrN2O. The molecule has 2 rings (SSSR count). The zero-order valence-corrected chi connectivity index (χ0v) is 12.9. The fourth-order valence-electron chi connectivity index (χ4n) is 2.14. The predicted molar refractivity (Wildman–Crippen MR) is 80.9 cm³/mol. The highest BCUT2D eigenvalue weighted by Crippen LogP contribution is 2.28. The van der Waals surface area contributed by atoms with E-state index in [1.807, 2.05) is 6.07 Å². The second-order valence-corrected chi connectivity index (χ2v) is 5.95. The lowest BCUT2D eigenvalue weighted by molar-refractivity contribution is -0.122. The quantitative estimate of drug-likeness (QED) is 0.757. The van der Waals surface area contributed by atoms with Gasteiger partial charge in [0.2, 0.25) is 5.91 Å². The smallest absolute Gasteiger partial charge is 0.223 e. The Kier molecular flexibility index (Phi) is 5.40. The first kappa shape index (κ1) is 14.5. The number of hydrogen-bond acceptors (Lipinski definition) is 2. The van der Waals surface area contributed by atoms with Crippen molar-refractivity contribution < 1.29 is 4.79 Å². The summed E-state index contributed by atoms with van der Waals surface area (Å²) >= 11 is 3.50. The van der Waals surface area contributed by atoms with E-state index >= 15 is 0 Å². The van der Waals surface area contributed by atoms with Crippen molar-refractivity contribution in [3.05, 3.63) is 34.3 Å². The molecule has 1 unspecified atom stereocenters. The lowest BCUT2D eigenvalue weighted by atomic mass is 10.0. The molecule has 0 radical (unpaired) electrons. The van der Waals surface area contributed by atoms with Gasteiger partial charge in [-0.2, -0.15) is 0 Å². The van der Waals surface area contributed by atoms with Gasteiger partial charge in [-0.15, -0.1) is 0 Å². The summed E-state index contributed by atoms with van der Waals surface area (Å²) in [6.07, 6.45) is 3.16. The average Bonchev–Trinajstić information content (AvgIpc) is 3.23. The number of amides is 1. The average molecular weight is 325 g/mol. The lowest BCUT2D eigenvalue weighted by Gasteiger charge is -2.18. The Hall–Kier alpha value is -0.870. The van der Waals surface area contributed by atoms with Gasteiger partial charge in [0.25, 0.3) is 0 Å². The summed E-state index contributed by atoms with van der Waals surface area (Å²) in [4.78, 5) is 11.5. The van der Waals surface area contributed by atoms with E-state index in [9.17, 15) is 4.79 Å². The maximum atomic E-state index is 11.5. The van der Waals surface area contributed by atoms with Gasteiger partial charge in [0.15, 0.2) is 0 Å². The van der Waals surface area contributed by atoms with Crippen LogP contribution in [0.2, 0.25) is 0 Å². The van der Waals surface area contributed by atoms with E-state index in [-0.39, 0.29) is 5.91 Å². The molecule has 0 aromatic heterocycles. The number of carbonyl (C=O) groups excluding carboxylic acids is 1. The minimum Gasteiger partial charge on any atom is -0.355 e. The molecule has 3 nitrogen and oxygen atoms in total. The molecule has 1 saturated carbocycles. The third kappa shape index (κ3) is 4.62. The summed E-state index contributed by atoms with van der Waals surface area (Å²) < 4.78 is 1.10. The fraction of sp³-hybridized carbons (Fsp3) is 0.533. The Morgan fingerprint density at radius 1 is 1.42 bits per heavy atom. The largest absolute Gasteiger partial charge is 0.355 e. The van der Waals surface area contributed by atoms with Gasteiger partial charge in [-0.05, 0) is 37.0 Å². The summed E-state index contributed by atoms with van der Waals surface area (Å²) in [6, 6.07) is 8.71. The van der Waals surface area contributed by atoms with Crippen molar-refractivity contribution in [3.63, 3.8) is 0 Å². The summed E-state index contributed by atoms with van der Waals surface area (Å²) in [5, 5.41) is 6.47. The molecule has 0 aliphatic heterocycles. The first-order valence-corrected chi connectivity index (χ1v) is 7.76. The van der Waals surface area contributed by atoms with Crippen LogP contribution in [-0.2, 0) is 4.79 Å². The van der Waals surface area contributed by atoms with E-state index in [0.717, 1.165) is 30.3 Å². The van der Waals surface area contributed by atoms with Crippen LogP contribution in [0.3, 0.4) is 0 Å². The van der Waals surface area contributed by atoms with Crippen LogP contribution >= 0.6 is 15.9 Å². The van der Waals surface area contributed by atoms with E-state index in [4.69, 9.17) is 0 Å². The summed E-state index contributed by atoms with van der Waals surface area (Å²) in [5.74, 6) is 0.518. The van der Waals surface area contributed by atoms with Crippen LogP contribution in [0, 0.1) is 5.92 Å². The van der Waals surface area contributed by atoms with Crippen molar-refractivity contribution in [1.82, 2.24) is 10.6 Å². The molecule has 1 atom stereocenters. The normalized spacial score (nSPS) is 16.1. The summed E-state index contributed by atoms with van der Waals surface area (Å²) in [5.41, 5.74) is 1.28. The second kappa shape index (κ2) is 7.06. The Morgan fingerprint density at radius 2 is 2.21 bits per heavy atom. The Bertz CT molecular complexity index is 432. The van der Waals surface area contributed by atoms with E-state index < -0.39 is 0 Å². The van der Waals surface area contributed by atoms with Gasteiger partial charge in [0.05, 0.1) is 0 Å². The van der Waals surface area contributed by atoms with Crippen LogP contribution in [0.1, 0.15) is 37.8 Å². The minimum absolute atomic E-state index is 0.220. The van der Waals surface area contributed by atoms with Gasteiger partial charge in [-0.1, -0.05) is 35.0 Å². The molecule has 4 heteroatoms. The second-order valence-electron chi connectivity index (χ2n) is 5.04. The molecule has 0 spiro atoms. The van der Waals surface area contributed by atoms with Crippen molar-refractivity contribution in [2.45, 2.75) is 32.2 Å². The number of nitrogens with one attached hydrogen (secondary N) is 2. The molecule has 1 aliphatic rings. The zero-order chi connectivity index (χ0) is 13.7. The van der Waals surface area contributed by atoms with Crippen molar-refractivity contribution in [2.24, 2.45) is 5.92 Å². The van der Waals surface area contributed by atoms with Crippen LogP contribution in [-0.4, -0.2) is 19.0 Å². The number of rotatable bonds is 7. The van der Waals surface area contributed by atoms with Gasteiger partial charge in [-0.3, -0.25) is 4.79 Å². The van der Waals surface area contributed by atoms with Crippen molar-refractivity contribution in [3.8, 4) is 0 Å². The third-order valence-electron chi connectivity index (χ3n) is 3.42. The van der Waals surface area contributed by atoms with E-state index in [1.165, 1.54) is 5.56 Å². The number of benzene rings is 1. The maximum Gasteiger partial charge on any atom is 0.223 e. The highest BCUT2D eigenvalue weighted by molar-refractivity contribution is 9.10. The zero-order valence-electron chi connectivity index (χ0n) is 11.3. The number of carbonyl (C=O) groups is 1. The summed E-state index contributed by atoms with van der Waals surface area (Å²) in [7, 11) is 0. The molecule has 0 bridgehead atoms. The molecule has 0 heterocycles. The summed E-state index contributed by atoms with van der Waals surface area (Å²) in [6.45, 7) is 3.69. The van der Waals surface area contributed by atoms with Crippen LogP contribution < -0.4 is 10.6 Å². The first-order valence-electron chi connectivity index (χ1n) is 6.97. The van der Waals surface area contributed by atoms with E-state index in [2.05, 4.69) is 51.7 Å². The van der Waals surface area contributed by atoms with Gasteiger partial charge >= 0.3 is 0 Å². The van der Waals surface area contributed by atoms with Crippen LogP contribution in [0.15, 0.2) is 28.7 Å². The van der Waals surface area contributed by atoms with Gasteiger partial charge in [0.1, 0.15) is 0 Å². The van der Waals surface area contributed by atoms with Crippen molar-refractivity contribution >= 4 is 21.8 Å². The molecule has 1 aromatic carbocycles. The molecule has 104 valence electrons. The Balaban J connectivity index is 1.74. The van der Waals surface area contributed by atoms with Crippen molar-refractivity contribution in [2.75, 3.05) is 13.1 Å². The predicted octanol–water partition coefficient (Wildman–Crippen LogP) is 3.02. The molecule has 0 saturated heterocycles. The molecular weight excluding hydrogens is 304 g/mol. The Morgan fingerprint density at radius 3 is 2.84 bits per heavy atom. The van der Waals surface area contributed by atoms with Crippen LogP contribution in [0.5, 0.6) is 0 Å². The molecule has 1 amide bonds. The van der Waals surface area contributed by atoms with Gasteiger partial charge < -0.3 is 10.6 Å². The van der Waals surface area contributed by atoms with E-state index in [0.29, 0.717) is 18.5 Å².